The molecule has 30 nitrogen and oxygen atoms in total. The number of ether oxygens (including phenoxy) is 12. The Hall–Kier alpha value is -5.29. The van der Waals surface area contributed by atoms with Crippen molar-refractivity contribution in [2.24, 2.45) is 11.7 Å². The van der Waals surface area contributed by atoms with Gasteiger partial charge >= 0.3 is 18.0 Å². The Labute approximate surface area is 505 Å². The van der Waals surface area contributed by atoms with Gasteiger partial charge < -0.3 is 110 Å². The molecule has 0 spiro atoms. The van der Waals surface area contributed by atoms with Crippen LogP contribution in [0.3, 0.4) is 0 Å². The zero-order chi connectivity index (χ0) is 63.1. The SMILES string of the molecule is CN[C@@H](CCCCNC(=O)CCOCCOCCOCCOCCOCCOCCOCCOCCOCCOCCOCCOCCN(CC(=O)O)CC(=O)O)C(=O)N[C@H](C(=O)N[C@@H](CCCNC(N)=O)C(=O)Nc1ccc(CO)cc1)C(C)C. The van der Waals surface area contributed by atoms with Crippen LogP contribution in [0.5, 0.6) is 0 Å². The van der Waals surface area contributed by atoms with Gasteiger partial charge in [0.1, 0.15) is 12.1 Å². The minimum absolute atomic E-state index is 0.155. The number of aliphatic carboxylic acids is 2. The molecule has 11 N–H and O–H groups in total. The van der Waals surface area contributed by atoms with Gasteiger partial charge in [0.15, 0.2) is 0 Å². The van der Waals surface area contributed by atoms with Crippen molar-refractivity contribution in [1.29, 1.82) is 0 Å². The number of likely N-dealkylation sites (N-methyl/N-ethyl adjacent to an activating group) is 1. The van der Waals surface area contributed by atoms with Crippen molar-refractivity contribution >= 4 is 47.3 Å². The van der Waals surface area contributed by atoms with Crippen LogP contribution in [0.1, 0.15) is 57.9 Å². The zero-order valence-corrected chi connectivity index (χ0v) is 50.7. The Balaban J connectivity index is 1.95. The number of unbranched alkanes of at least 4 members (excludes halogenated alkanes) is 1. The third-order valence-electron chi connectivity index (χ3n) is 12.0. The Morgan fingerprint density at radius 2 is 0.884 bits per heavy atom. The number of hydrogen-bond acceptors (Lipinski definition) is 22. The van der Waals surface area contributed by atoms with E-state index < -0.39 is 47.9 Å². The summed E-state index contributed by atoms with van der Waals surface area (Å²) in [4.78, 5) is 86.6. The fraction of sp³-hybridized carbons (Fsp3) is 0.768. The van der Waals surface area contributed by atoms with Crippen molar-refractivity contribution in [2.75, 3.05) is 204 Å². The number of carboxylic acids is 2. The number of nitrogens with one attached hydrogen (secondary N) is 6. The lowest BCUT2D eigenvalue weighted by Gasteiger charge is -2.27. The third kappa shape index (κ3) is 46.9. The number of anilines is 1. The lowest BCUT2D eigenvalue weighted by atomic mass is 10.0. The van der Waals surface area contributed by atoms with Crippen molar-refractivity contribution in [3.63, 3.8) is 0 Å². The van der Waals surface area contributed by atoms with Gasteiger partial charge in [-0.3, -0.25) is 33.7 Å². The fourth-order valence-electron chi connectivity index (χ4n) is 7.43. The molecule has 1 aromatic carbocycles. The number of carbonyl (C=O) groups excluding carboxylic acids is 5. The van der Waals surface area contributed by atoms with Gasteiger partial charge in [-0.2, -0.15) is 0 Å². The van der Waals surface area contributed by atoms with Crippen molar-refractivity contribution in [1.82, 2.24) is 31.5 Å². The van der Waals surface area contributed by atoms with Crippen molar-refractivity contribution in [3.8, 4) is 0 Å². The largest absolute Gasteiger partial charge is 0.480 e. The number of nitrogens with zero attached hydrogens (tertiary/aromatic N) is 1. The second-order valence-corrected chi connectivity index (χ2v) is 19.4. The minimum atomic E-state index is -1.10. The van der Waals surface area contributed by atoms with Gasteiger partial charge in [0, 0.05) is 31.7 Å². The van der Waals surface area contributed by atoms with E-state index in [-0.39, 0.29) is 76.6 Å². The minimum Gasteiger partial charge on any atom is -0.480 e. The van der Waals surface area contributed by atoms with Crippen LogP contribution in [0.2, 0.25) is 0 Å². The molecule has 86 heavy (non-hydrogen) atoms. The molecule has 30 heteroatoms. The Kier molecular flexibility index (Phi) is 50.4. The van der Waals surface area contributed by atoms with Crippen LogP contribution in [0, 0.1) is 5.92 Å². The number of benzene rings is 1. The van der Waals surface area contributed by atoms with Crippen molar-refractivity contribution < 1.29 is 106 Å². The Morgan fingerprint density at radius 3 is 1.27 bits per heavy atom. The molecule has 1 aromatic rings. The summed E-state index contributed by atoms with van der Waals surface area (Å²) in [6.45, 7) is 12.8. The number of carbonyl (C=O) groups is 7. The summed E-state index contributed by atoms with van der Waals surface area (Å²) < 4.78 is 65.7. The van der Waals surface area contributed by atoms with E-state index in [1.54, 1.807) is 45.2 Å². The molecule has 6 amide bonds. The maximum atomic E-state index is 13.6. The summed E-state index contributed by atoms with van der Waals surface area (Å²) in [7, 11) is 1.65. The average molecular weight is 1240 g/mol. The molecule has 0 bridgehead atoms. The topological polar surface area (TPSA) is 392 Å². The van der Waals surface area contributed by atoms with Crippen LogP contribution < -0.4 is 37.6 Å². The quantitative estimate of drug-likeness (QED) is 0.0354. The Bertz CT molecular complexity index is 1900. The summed E-state index contributed by atoms with van der Waals surface area (Å²) in [5, 5.41) is 43.7. The first-order chi connectivity index (χ1) is 41.7. The maximum absolute atomic E-state index is 13.6. The second-order valence-electron chi connectivity index (χ2n) is 19.4. The van der Waals surface area contributed by atoms with Gasteiger partial charge in [0.05, 0.1) is 184 Å². The van der Waals surface area contributed by atoms with E-state index in [9.17, 15) is 38.7 Å². The molecule has 0 saturated carbocycles. The van der Waals surface area contributed by atoms with Gasteiger partial charge in [0.25, 0.3) is 0 Å². The lowest BCUT2D eigenvalue weighted by Crippen LogP contribution is -2.57. The standard InChI is InChI=1S/C56H100N8O22/c1-44(2)52(55(73)62-48(8-6-15-60-56(57)74)54(72)61-46-11-9-45(43-65)10-12-46)63-53(71)47(58-3)7-4-5-14-59-49(66)13-17-75-19-21-77-23-25-79-27-29-81-31-33-83-35-37-85-39-40-86-38-36-84-34-32-82-30-28-80-26-24-78-22-20-76-18-16-64(41-50(67)68)42-51(69)70/h9-12,44,47-48,52,58,65H,4-8,13-43H2,1-3H3,(H,59,66)(H,61,72)(H,62,73)(H,63,71)(H,67,68)(H,69,70)(H3,57,60,74)/t47-,48-,52-/m0/s1. The predicted molar refractivity (Wildman–Crippen MR) is 312 cm³/mol. The molecule has 0 aliphatic heterocycles. The molecule has 0 unspecified atom stereocenters. The lowest BCUT2D eigenvalue weighted by molar-refractivity contribution is -0.142. The summed E-state index contributed by atoms with van der Waals surface area (Å²) in [6.07, 6.45) is 2.37. The van der Waals surface area contributed by atoms with Gasteiger partial charge in [-0.25, -0.2) is 4.79 Å². The molecule has 0 aliphatic rings. The van der Waals surface area contributed by atoms with Crippen molar-refractivity contribution in [2.45, 2.75) is 77.1 Å². The number of carboxylic acid groups (broad SMARTS) is 2. The first-order valence-electron chi connectivity index (χ1n) is 29.3. The normalized spacial score (nSPS) is 12.4. The highest BCUT2D eigenvalue weighted by Crippen LogP contribution is 2.13. The molecular formula is C56H100N8O22. The molecule has 0 fully saturated rings. The molecular weight excluding hydrogens is 1140 g/mol. The molecule has 0 saturated heterocycles. The fourth-order valence-corrected chi connectivity index (χ4v) is 7.43. The highest BCUT2D eigenvalue weighted by molar-refractivity contribution is 5.98. The van der Waals surface area contributed by atoms with E-state index in [2.05, 4.69) is 31.9 Å². The van der Waals surface area contributed by atoms with E-state index in [1.807, 2.05) is 0 Å². The number of amides is 6. The first-order valence-corrected chi connectivity index (χ1v) is 29.3. The van der Waals surface area contributed by atoms with E-state index >= 15 is 0 Å². The molecule has 496 valence electrons. The third-order valence-corrected chi connectivity index (χ3v) is 12.0. The highest BCUT2D eigenvalue weighted by Gasteiger charge is 2.30. The number of urea groups is 1. The summed E-state index contributed by atoms with van der Waals surface area (Å²) in [6, 6.07) is 3.31. The van der Waals surface area contributed by atoms with Crippen LogP contribution in [0.25, 0.3) is 0 Å². The molecule has 3 atom stereocenters. The van der Waals surface area contributed by atoms with Crippen LogP contribution in [-0.2, 0) is 92.2 Å². The van der Waals surface area contributed by atoms with Crippen LogP contribution in [0.4, 0.5) is 10.5 Å². The van der Waals surface area contributed by atoms with Crippen LogP contribution >= 0.6 is 0 Å². The van der Waals surface area contributed by atoms with E-state index in [0.717, 1.165) is 0 Å². The summed E-state index contributed by atoms with van der Waals surface area (Å²) >= 11 is 0. The number of rotatable bonds is 61. The van der Waals surface area contributed by atoms with Crippen molar-refractivity contribution in [3.05, 3.63) is 29.8 Å². The van der Waals surface area contributed by atoms with Crippen LogP contribution in [0.15, 0.2) is 24.3 Å². The van der Waals surface area contributed by atoms with Gasteiger partial charge in [-0.1, -0.05) is 26.0 Å². The molecule has 1 rings (SSSR count). The number of primary amides is 1. The number of hydrogen-bond donors (Lipinski definition) is 10. The first kappa shape index (κ1) is 78.7. The van der Waals surface area contributed by atoms with Gasteiger partial charge in [0.2, 0.25) is 23.6 Å². The van der Waals surface area contributed by atoms with Crippen LogP contribution in [-0.4, -0.2) is 278 Å². The average Bonchev–Trinajstić information content (AvgIpc) is 3.36. The smallest absolute Gasteiger partial charge is 0.317 e. The number of nitrogens with two attached hydrogens (primary N) is 1. The van der Waals surface area contributed by atoms with E-state index in [1.165, 1.54) is 4.90 Å². The molecule has 0 aromatic heterocycles. The van der Waals surface area contributed by atoms with Gasteiger partial charge in [-0.05, 0) is 62.8 Å². The molecule has 0 radical (unpaired) electrons. The highest BCUT2D eigenvalue weighted by atomic mass is 16.6. The zero-order valence-electron chi connectivity index (χ0n) is 50.7. The maximum Gasteiger partial charge on any atom is 0.317 e. The monoisotopic (exact) mass is 1240 g/mol. The summed E-state index contributed by atoms with van der Waals surface area (Å²) in [5.74, 6) is -4.10. The summed E-state index contributed by atoms with van der Waals surface area (Å²) in [5.41, 5.74) is 6.30. The number of aliphatic hydroxyl groups is 1. The van der Waals surface area contributed by atoms with E-state index in [0.29, 0.717) is 189 Å². The predicted octanol–water partition coefficient (Wildman–Crippen LogP) is -0.874. The van der Waals surface area contributed by atoms with Gasteiger partial charge in [-0.15, -0.1) is 0 Å². The molecule has 0 aliphatic carbocycles. The number of aliphatic hydroxyl groups excluding tert-OH is 1. The second kappa shape index (κ2) is 55.1. The Morgan fingerprint density at radius 1 is 0.488 bits per heavy atom. The van der Waals surface area contributed by atoms with E-state index in [4.69, 9.17) is 72.8 Å². The molecule has 0 heterocycles.